The van der Waals surface area contributed by atoms with Crippen LogP contribution in [0.5, 0.6) is 5.75 Å². The van der Waals surface area contributed by atoms with Crippen molar-refractivity contribution in [2.45, 2.75) is 39.5 Å². The molecule has 1 aromatic rings. The van der Waals surface area contributed by atoms with Gasteiger partial charge in [-0.1, -0.05) is 38.3 Å². The third-order valence-corrected chi connectivity index (χ3v) is 3.25. The molecule has 1 aromatic carbocycles. The minimum absolute atomic E-state index is 0.336. The summed E-state index contributed by atoms with van der Waals surface area (Å²) in [6.07, 6.45) is 4.54. The van der Waals surface area contributed by atoms with E-state index in [9.17, 15) is 4.39 Å². The molecule has 0 aliphatic carbocycles. The number of halogens is 2. The van der Waals surface area contributed by atoms with Crippen LogP contribution in [0.1, 0.15) is 39.5 Å². The molecule has 4 heteroatoms. The summed E-state index contributed by atoms with van der Waals surface area (Å²) in [6, 6.07) is 4.21. The molecule has 0 radical (unpaired) electrons. The van der Waals surface area contributed by atoms with Gasteiger partial charge in [-0.3, -0.25) is 0 Å². The summed E-state index contributed by atoms with van der Waals surface area (Å²) in [7, 11) is 0. The Hall–Kier alpha value is -0.800. The Labute approximate surface area is 126 Å². The lowest BCUT2D eigenvalue weighted by Gasteiger charge is -2.08. The summed E-state index contributed by atoms with van der Waals surface area (Å²) >= 11 is 5.88. The highest BCUT2D eigenvalue weighted by Gasteiger charge is 2.02. The maximum absolute atomic E-state index is 12.8. The number of nitrogens with one attached hydrogen (secondary N) is 1. The zero-order valence-electron chi connectivity index (χ0n) is 12.4. The summed E-state index contributed by atoms with van der Waals surface area (Å²) in [5.41, 5.74) is 0. The van der Waals surface area contributed by atoms with E-state index < -0.39 is 0 Å². The lowest BCUT2D eigenvalue weighted by atomic mass is 10.2. The number of ether oxygens (including phenoxy) is 1. The second-order valence-electron chi connectivity index (χ2n) is 5.44. The number of benzene rings is 1. The maximum Gasteiger partial charge on any atom is 0.138 e. The van der Waals surface area contributed by atoms with Crippen LogP contribution in [0.25, 0.3) is 0 Å². The molecule has 1 N–H and O–H groups in total. The van der Waals surface area contributed by atoms with Crippen molar-refractivity contribution in [3.05, 3.63) is 29.0 Å². The van der Waals surface area contributed by atoms with Crippen molar-refractivity contribution >= 4 is 11.6 Å². The fourth-order valence-corrected chi connectivity index (χ4v) is 2.09. The highest BCUT2D eigenvalue weighted by Crippen LogP contribution is 2.24. The van der Waals surface area contributed by atoms with Crippen LogP contribution >= 0.6 is 11.6 Å². The Morgan fingerprint density at radius 1 is 1.20 bits per heavy atom. The van der Waals surface area contributed by atoms with E-state index in [0.29, 0.717) is 23.3 Å². The van der Waals surface area contributed by atoms with Gasteiger partial charge in [0.25, 0.3) is 0 Å². The van der Waals surface area contributed by atoms with E-state index in [1.54, 1.807) is 6.07 Å². The highest BCUT2D eigenvalue weighted by molar-refractivity contribution is 6.32. The Balaban J connectivity index is 1.99. The smallest absolute Gasteiger partial charge is 0.138 e. The molecule has 0 saturated carbocycles. The third-order valence-electron chi connectivity index (χ3n) is 2.95. The topological polar surface area (TPSA) is 21.3 Å². The molecular weight excluding hydrogens is 277 g/mol. The number of rotatable bonds is 10. The van der Waals surface area contributed by atoms with Crippen LogP contribution in [0, 0.1) is 11.7 Å². The SMILES string of the molecule is CC(C)CNCCCCCCOc1ccc(F)cc1Cl. The average molecular weight is 302 g/mol. The molecule has 0 fully saturated rings. The van der Waals surface area contributed by atoms with Crippen LogP contribution in [-0.2, 0) is 0 Å². The van der Waals surface area contributed by atoms with Crippen LogP contribution < -0.4 is 10.1 Å². The first-order chi connectivity index (χ1) is 9.59. The summed E-state index contributed by atoms with van der Waals surface area (Å²) in [5, 5.41) is 3.77. The van der Waals surface area contributed by atoms with E-state index >= 15 is 0 Å². The van der Waals surface area contributed by atoms with Crippen molar-refractivity contribution in [3.63, 3.8) is 0 Å². The quantitative estimate of drug-likeness (QED) is 0.634. The molecule has 0 aliphatic rings. The second-order valence-corrected chi connectivity index (χ2v) is 5.84. The van der Waals surface area contributed by atoms with Crippen LogP contribution in [0.2, 0.25) is 5.02 Å². The molecule has 114 valence electrons. The summed E-state index contributed by atoms with van der Waals surface area (Å²) in [6.45, 7) is 7.23. The minimum atomic E-state index is -0.337. The van der Waals surface area contributed by atoms with Gasteiger partial charge in [0.05, 0.1) is 11.6 Å². The Morgan fingerprint density at radius 3 is 2.65 bits per heavy atom. The first kappa shape index (κ1) is 17.3. The van der Waals surface area contributed by atoms with Gasteiger partial charge in [0, 0.05) is 0 Å². The Bertz CT molecular complexity index is 385. The standard InChI is InChI=1S/C16H25ClFNO/c1-13(2)12-19-9-5-3-4-6-10-20-16-8-7-14(18)11-15(16)17/h7-8,11,13,19H,3-6,9-10,12H2,1-2H3. The normalized spacial score (nSPS) is 11.1. The lowest BCUT2D eigenvalue weighted by Crippen LogP contribution is -2.20. The lowest BCUT2D eigenvalue weighted by molar-refractivity contribution is 0.304. The van der Waals surface area contributed by atoms with Crippen molar-refractivity contribution in [1.82, 2.24) is 5.32 Å². The predicted molar refractivity (Wildman–Crippen MR) is 83.1 cm³/mol. The molecular formula is C16H25ClFNO. The van der Waals surface area contributed by atoms with Crippen LogP contribution in [0.3, 0.4) is 0 Å². The van der Waals surface area contributed by atoms with Crippen LogP contribution in [-0.4, -0.2) is 19.7 Å². The predicted octanol–water partition coefficient (Wildman–Crippen LogP) is 4.66. The van der Waals surface area contributed by atoms with Gasteiger partial charge in [-0.2, -0.15) is 0 Å². The van der Waals surface area contributed by atoms with Crippen molar-refractivity contribution < 1.29 is 9.13 Å². The van der Waals surface area contributed by atoms with Crippen molar-refractivity contribution in [2.24, 2.45) is 5.92 Å². The number of unbranched alkanes of at least 4 members (excludes halogenated alkanes) is 3. The van der Waals surface area contributed by atoms with Gasteiger partial charge in [-0.05, 0) is 50.0 Å². The largest absolute Gasteiger partial charge is 0.492 e. The molecule has 20 heavy (non-hydrogen) atoms. The van der Waals surface area contributed by atoms with E-state index in [1.165, 1.54) is 25.0 Å². The first-order valence-electron chi connectivity index (χ1n) is 7.38. The van der Waals surface area contributed by atoms with Gasteiger partial charge >= 0.3 is 0 Å². The van der Waals surface area contributed by atoms with Crippen LogP contribution in [0.4, 0.5) is 4.39 Å². The molecule has 0 unspecified atom stereocenters. The average Bonchev–Trinajstić information content (AvgIpc) is 2.38. The molecule has 0 heterocycles. The molecule has 1 rings (SSSR count). The molecule has 0 spiro atoms. The van der Waals surface area contributed by atoms with E-state index in [-0.39, 0.29) is 5.82 Å². The number of hydrogen-bond donors (Lipinski definition) is 1. The van der Waals surface area contributed by atoms with Gasteiger partial charge < -0.3 is 10.1 Å². The molecule has 0 bridgehead atoms. The maximum atomic E-state index is 12.8. The zero-order chi connectivity index (χ0) is 14.8. The minimum Gasteiger partial charge on any atom is -0.492 e. The van der Waals surface area contributed by atoms with Gasteiger partial charge in [-0.15, -0.1) is 0 Å². The summed E-state index contributed by atoms with van der Waals surface area (Å²) in [5.74, 6) is 0.937. The fraction of sp³-hybridized carbons (Fsp3) is 0.625. The third kappa shape index (κ3) is 7.71. The van der Waals surface area contributed by atoms with Crippen molar-refractivity contribution in [2.75, 3.05) is 19.7 Å². The first-order valence-corrected chi connectivity index (χ1v) is 7.76. The molecule has 0 aliphatic heterocycles. The van der Waals surface area contributed by atoms with E-state index in [1.807, 2.05) is 0 Å². The molecule has 0 saturated heterocycles. The molecule has 2 nitrogen and oxygen atoms in total. The van der Waals surface area contributed by atoms with Crippen LogP contribution in [0.15, 0.2) is 18.2 Å². The molecule has 0 aromatic heterocycles. The number of hydrogen-bond acceptors (Lipinski definition) is 2. The Kier molecular flexibility index (Phi) is 8.63. The van der Waals surface area contributed by atoms with Crippen molar-refractivity contribution in [1.29, 1.82) is 0 Å². The van der Waals surface area contributed by atoms with Gasteiger partial charge in [0.2, 0.25) is 0 Å². The highest BCUT2D eigenvalue weighted by atomic mass is 35.5. The van der Waals surface area contributed by atoms with Gasteiger partial charge in [0.15, 0.2) is 0 Å². The van der Waals surface area contributed by atoms with E-state index in [4.69, 9.17) is 16.3 Å². The fourth-order valence-electron chi connectivity index (χ4n) is 1.87. The zero-order valence-corrected chi connectivity index (χ0v) is 13.2. The van der Waals surface area contributed by atoms with E-state index in [0.717, 1.165) is 25.9 Å². The second kappa shape index (κ2) is 10.0. The molecule has 0 amide bonds. The molecule has 0 atom stereocenters. The summed E-state index contributed by atoms with van der Waals surface area (Å²) < 4.78 is 18.4. The van der Waals surface area contributed by atoms with E-state index in [2.05, 4.69) is 19.2 Å². The van der Waals surface area contributed by atoms with Crippen molar-refractivity contribution in [3.8, 4) is 5.75 Å². The summed E-state index contributed by atoms with van der Waals surface area (Å²) in [4.78, 5) is 0. The van der Waals surface area contributed by atoms with Gasteiger partial charge in [-0.25, -0.2) is 4.39 Å². The Morgan fingerprint density at radius 2 is 1.95 bits per heavy atom. The monoisotopic (exact) mass is 301 g/mol. The van der Waals surface area contributed by atoms with Gasteiger partial charge in [0.1, 0.15) is 11.6 Å².